The van der Waals surface area contributed by atoms with Crippen molar-refractivity contribution in [1.29, 1.82) is 0 Å². The van der Waals surface area contributed by atoms with Crippen molar-refractivity contribution in [2.75, 3.05) is 58.5 Å². The van der Waals surface area contributed by atoms with E-state index < -0.39 is 115 Å². The normalized spacial score (nSPS) is 18.7. The summed E-state index contributed by atoms with van der Waals surface area (Å²) in [4.78, 5) is 62.5. The molecule has 3 saturated heterocycles. The SMILES string of the molecule is CNC(=O)O[C@H](C(=O)NN(Cc1c(F)cc(-c2cnn(C(F)F)c2)cc1F)C[C@H](O)[C@H](Cc1ccc(C#Cc2ccc(N3C[C@@H]4CC[C@@H](C3)N4CC3(C)COC3)nc2)cc1)NC(=O)[C@@H](NC(=O)OC)C(C)(C)C(F)(F)F)C(C)(C)C(F)(F)F. The maximum absolute atomic E-state index is 16.1. The second kappa shape index (κ2) is 25.3. The molecule has 0 saturated carbocycles. The number of aromatic nitrogens is 3. The number of fused-ring (bicyclic) bond motifs is 2. The first-order chi connectivity index (χ1) is 38.8. The quantitative estimate of drug-likeness (QED) is 0.0337. The third kappa shape index (κ3) is 14.9. The highest BCUT2D eigenvalue weighted by Crippen LogP contribution is 2.43. The second-order valence-corrected chi connectivity index (χ2v) is 22.3. The first-order valence-corrected chi connectivity index (χ1v) is 26.2. The molecule has 28 heteroatoms. The van der Waals surface area contributed by atoms with Crippen molar-refractivity contribution in [3.05, 3.63) is 101 Å². The summed E-state index contributed by atoms with van der Waals surface area (Å²) in [5.74, 6) is 0.748. The van der Waals surface area contributed by atoms with Crippen LogP contribution in [0, 0.1) is 39.7 Å². The molecule has 2 bridgehead atoms. The van der Waals surface area contributed by atoms with Crippen molar-refractivity contribution < 1.29 is 82.4 Å². The molecule has 0 radical (unpaired) electrons. The zero-order valence-corrected chi connectivity index (χ0v) is 46.2. The summed E-state index contributed by atoms with van der Waals surface area (Å²) in [7, 11) is 1.79. The van der Waals surface area contributed by atoms with Crippen LogP contribution < -0.4 is 26.3 Å². The fourth-order valence-electron chi connectivity index (χ4n) is 9.92. The van der Waals surface area contributed by atoms with Crippen molar-refractivity contribution in [3.63, 3.8) is 0 Å². The van der Waals surface area contributed by atoms with Gasteiger partial charge < -0.3 is 40.2 Å². The van der Waals surface area contributed by atoms with E-state index in [-0.39, 0.29) is 26.8 Å². The van der Waals surface area contributed by atoms with E-state index in [9.17, 15) is 59.4 Å². The molecule has 2 aromatic heterocycles. The van der Waals surface area contributed by atoms with Crippen molar-refractivity contribution in [2.45, 2.75) is 116 Å². The van der Waals surface area contributed by atoms with Gasteiger partial charge in [-0.05, 0) is 94.5 Å². The first kappa shape index (κ1) is 63.4. The third-order valence-electron chi connectivity index (χ3n) is 15.2. The van der Waals surface area contributed by atoms with E-state index in [1.807, 2.05) is 28.2 Å². The first-order valence-electron chi connectivity index (χ1n) is 26.2. The lowest BCUT2D eigenvalue weighted by Crippen LogP contribution is -2.62. The van der Waals surface area contributed by atoms with Crippen molar-refractivity contribution in [2.24, 2.45) is 16.2 Å². The molecule has 5 heterocycles. The molecule has 452 valence electrons. The lowest BCUT2D eigenvalue weighted by molar-refractivity contribution is -0.239. The number of hydrogen-bond donors (Lipinski definition) is 5. The Hall–Kier alpha value is -7.22. The highest BCUT2D eigenvalue weighted by molar-refractivity contribution is 5.87. The number of carbonyl (C=O) groups is 4. The number of piperazine rings is 1. The molecule has 3 aliphatic heterocycles. The zero-order valence-electron chi connectivity index (χ0n) is 46.2. The Morgan fingerprint density at radius 1 is 0.843 bits per heavy atom. The molecule has 3 aliphatic rings. The van der Waals surface area contributed by atoms with Crippen LogP contribution in [-0.4, -0.2) is 156 Å². The number of halogens is 10. The number of benzene rings is 2. The van der Waals surface area contributed by atoms with E-state index in [0.717, 1.165) is 78.1 Å². The minimum absolute atomic E-state index is 0.168. The van der Waals surface area contributed by atoms with E-state index in [1.165, 1.54) is 12.1 Å². The molecule has 0 aliphatic carbocycles. The van der Waals surface area contributed by atoms with Crippen molar-refractivity contribution in [3.8, 4) is 23.0 Å². The van der Waals surface area contributed by atoms with Gasteiger partial charge in [0.05, 0.1) is 44.1 Å². The molecule has 3 fully saturated rings. The summed E-state index contributed by atoms with van der Waals surface area (Å²) in [6, 6.07) is 7.76. The van der Waals surface area contributed by atoms with Crippen LogP contribution >= 0.6 is 0 Å². The minimum atomic E-state index is -5.27. The van der Waals surface area contributed by atoms with E-state index in [4.69, 9.17) is 14.5 Å². The molecule has 4 amide bonds. The maximum Gasteiger partial charge on any atom is 0.407 e. The smallest absolute Gasteiger partial charge is 0.407 e. The number of ether oxygens (including phenoxy) is 3. The van der Waals surface area contributed by atoms with Gasteiger partial charge in [-0.1, -0.05) is 30.9 Å². The standard InChI is InChI=1S/C55H64F10N10O8/c1-51(2,54(60,61)62)44(70-50(80)81-7)46(77)69-41(18-32-11-8-31(9-12-32)10-13-33-14-17-43(67-21-33)72-24-36-15-16-37(25-72)74(36)28-53(5)29-82-30-53)42(76)27-73(71-47(78)45(83-49(79)66-6)52(3,4)55(63,64)65)26-38-39(56)19-34(20-40(38)57)35-22-68-75(23-35)48(58)59/h8-9,11-12,14,17,19-23,36-37,41-42,44-45,48,76H,15-16,18,24-30H2,1-7H3,(H,66,79)(H,69,77)(H,70,80)(H,71,78)/t36-,37-,41-,42-,44+,45+/m0/s1. The molecular weight excluding hydrogens is 1120 g/mol. The zero-order chi connectivity index (χ0) is 61.0. The average molecular weight is 1180 g/mol. The molecule has 4 aromatic rings. The second-order valence-electron chi connectivity index (χ2n) is 22.3. The summed E-state index contributed by atoms with van der Waals surface area (Å²) in [6.45, 7) is 3.22. The number of rotatable bonds is 20. The molecule has 7 rings (SSSR count). The van der Waals surface area contributed by atoms with Gasteiger partial charge in [0.15, 0.2) is 6.10 Å². The van der Waals surface area contributed by atoms with Gasteiger partial charge in [-0.3, -0.25) is 19.9 Å². The van der Waals surface area contributed by atoms with Gasteiger partial charge in [0.1, 0.15) is 28.9 Å². The Morgan fingerprint density at radius 3 is 1.96 bits per heavy atom. The lowest BCUT2D eigenvalue weighted by Gasteiger charge is -2.48. The van der Waals surface area contributed by atoms with Crippen LogP contribution in [-0.2, 0) is 36.8 Å². The van der Waals surface area contributed by atoms with E-state index in [0.29, 0.717) is 68.0 Å². The Bertz CT molecular complexity index is 2980. The molecule has 5 N–H and O–H groups in total. The predicted octanol–water partition coefficient (Wildman–Crippen LogP) is 7.26. The highest BCUT2D eigenvalue weighted by Gasteiger charge is 2.58. The van der Waals surface area contributed by atoms with E-state index >= 15 is 8.78 Å². The molecular formula is C55H64F10N10O8. The number of nitrogens with one attached hydrogen (secondary N) is 4. The van der Waals surface area contributed by atoms with Gasteiger partial charge in [-0.25, -0.2) is 33.0 Å². The number of alkyl halides is 8. The Morgan fingerprint density at radius 2 is 1.45 bits per heavy atom. The summed E-state index contributed by atoms with van der Waals surface area (Å²) in [5, 5.41) is 22.1. The van der Waals surface area contributed by atoms with Gasteiger partial charge in [-0.2, -0.15) is 40.2 Å². The van der Waals surface area contributed by atoms with E-state index in [1.54, 1.807) is 18.3 Å². The van der Waals surface area contributed by atoms with Crippen LogP contribution in [0.2, 0.25) is 0 Å². The molecule has 6 atom stereocenters. The third-order valence-corrected chi connectivity index (χ3v) is 15.2. The number of anilines is 1. The fourth-order valence-corrected chi connectivity index (χ4v) is 9.92. The molecule has 2 aromatic carbocycles. The summed E-state index contributed by atoms with van der Waals surface area (Å²) < 4.78 is 161. The van der Waals surface area contributed by atoms with Crippen molar-refractivity contribution in [1.82, 2.24) is 46.0 Å². The summed E-state index contributed by atoms with van der Waals surface area (Å²) >= 11 is 0. The minimum Gasteiger partial charge on any atom is -0.453 e. The summed E-state index contributed by atoms with van der Waals surface area (Å²) in [5.41, 5.74) is -4.17. The fraction of sp³-hybridized carbons (Fsp3) is 0.527. The maximum atomic E-state index is 16.1. The predicted molar refractivity (Wildman–Crippen MR) is 279 cm³/mol. The van der Waals surface area contributed by atoms with Gasteiger partial charge >= 0.3 is 31.1 Å². The Labute approximate surface area is 471 Å². The monoisotopic (exact) mass is 1180 g/mol. The molecule has 83 heavy (non-hydrogen) atoms. The molecule has 18 nitrogen and oxygen atoms in total. The largest absolute Gasteiger partial charge is 0.453 e. The number of nitrogens with zero attached hydrogens (tertiary/aromatic N) is 6. The van der Waals surface area contributed by atoms with Gasteiger partial charge in [-0.15, -0.1) is 0 Å². The van der Waals surface area contributed by atoms with Crippen LogP contribution in [0.4, 0.5) is 59.3 Å². The topological polar surface area (TPSA) is 205 Å². The van der Waals surface area contributed by atoms with Crippen molar-refractivity contribution >= 4 is 29.8 Å². The number of aliphatic hydroxyl groups excluding tert-OH is 1. The van der Waals surface area contributed by atoms with Crippen LogP contribution in [0.15, 0.2) is 67.1 Å². The van der Waals surface area contributed by atoms with E-state index in [2.05, 4.69) is 43.7 Å². The number of aliphatic hydroxyl groups is 1. The molecule has 0 unspecified atom stereocenters. The molecule has 0 spiro atoms. The average Bonchev–Trinajstić information content (AvgIpc) is 4.19. The van der Waals surface area contributed by atoms with Crippen LogP contribution in [0.5, 0.6) is 0 Å². The lowest BCUT2D eigenvalue weighted by atomic mass is 9.82. The summed E-state index contributed by atoms with van der Waals surface area (Å²) in [6.07, 6.45) is -13.3. The number of pyridine rings is 1. The van der Waals surface area contributed by atoms with Gasteiger partial charge in [0.25, 0.3) is 5.91 Å². The number of alkyl carbamates (subject to hydrolysis) is 2. The number of hydrogen-bond acceptors (Lipinski definition) is 13. The van der Waals surface area contributed by atoms with Crippen LogP contribution in [0.3, 0.4) is 0 Å². The Balaban J connectivity index is 1.17. The number of hydrazine groups is 1. The number of carbonyl (C=O) groups excluding carboxylic acids is 4. The van der Waals surface area contributed by atoms with Crippen LogP contribution in [0.25, 0.3) is 11.1 Å². The number of amides is 4. The Kier molecular flexibility index (Phi) is 19.3. The van der Waals surface area contributed by atoms with Gasteiger partial charge in [0.2, 0.25) is 5.91 Å². The van der Waals surface area contributed by atoms with Gasteiger partial charge in [0, 0.05) is 91.9 Å². The number of methoxy groups -OCH3 is 1. The highest BCUT2D eigenvalue weighted by atomic mass is 19.4. The van der Waals surface area contributed by atoms with Crippen LogP contribution in [0.1, 0.15) is 76.3 Å².